The maximum absolute atomic E-state index is 11.9. The highest BCUT2D eigenvalue weighted by Gasteiger charge is 2.31. The lowest BCUT2D eigenvalue weighted by Gasteiger charge is -2.32. The molecule has 1 aliphatic rings. The highest BCUT2D eigenvalue weighted by Crippen LogP contribution is 2.18. The van der Waals surface area contributed by atoms with Crippen LogP contribution in [0.4, 0.5) is 0 Å². The first-order chi connectivity index (χ1) is 10.2. The van der Waals surface area contributed by atoms with Crippen molar-refractivity contribution in [1.29, 1.82) is 0 Å². The Bertz CT molecular complexity index is 518. The van der Waals surface area contributed by atoms with E-state index in [1.54, 1.807) is 18.1 Å². The molecule has 0 aliphatic carbocycles. The molecule has 21 heavy (non-hydrogen) atoms. The number of ether oxygens (including phenoxy) is 2. The van der Waals surface area contributed by atoms with Crippen LogP contribution in [0.3, 0.4) is 0 Å². The molecule has 6 heteroatoms. The lowest BCUT2D eigenvalue weighted by atomic mass is 10.3. The number of piperazine rings is 1. The first kappa shape index (κ1) is 15.2. The van der Waals surface area contributed by atoms with Crippen molar-refractivity contribution >= 4 is 11.8 Å². The van der Waals surface area contributed by atoms with Gasteiger partial charge in [-0.15, -0.1) is 0 Å². The van der Waals surface area contributed by atoms with Gasteiger partial charge in [0.05, 0.1) is 13.7 Å². The van der Waals surface area contributed by atoms with E-state index in [-0.39, 0.29) is 0 Å². The van der Waals surface area contributed by atoms with Gasteiger partial charge in [-0.25, -0.2) is 0 Å². The summed E-state index contributed by atoms with van der Waals surface area (Å²) >= 11 is 0. The molecule has 1 fully saturated rings. The van der Waals surface area contributed by atoms with Crippen LogP contribution >= 0.6 is 0 Å². The molecule has 0 spiro atoms. The molecule has 0 bridgehead atoms. The molecule has 0 atom stereocenters. The quantitative estimate of drug-likeness (QED) is 0.727. The monoisotopic (exact) mass is 292 g/mol. The number of nitrogens with zero attached hydrogens (tertiary/aromatic N) is 2. The molecule has 1 aromatic carbocycles. The van der Waals surface area contributed by atoms with E-state index in [9.17, 15) is 9.59 Å². The number of benzene rings is 1. The summed E-state index contributed by atoms with van der Waals surface area (Å²) in [6.07, 6.45) is 0. The molecule has 2 rings (SSSR count). The van der Waals surface area contributed by atoms with E-state index in [1.807, 2.05) is 25.1 Å². The topological polar surface area (TPSA) is 59.1 Å². The van der Waals surface area contributed by atoms with Crippen molar-refractivity contribution in [3.05, 3.63) is 24.3 Å². The number of hydrogen-bond donors (Lipinski definition) is 0. The Morgan fingerprint density at radius 3 is 2.48 bits per heavy atom. The summed E-state index contributed by atoms with van der Waals surface area (Å²) in [6, 6.07) is 7.27. The number of amides is 2. The zero-order chi connectivity index (χ0) is 15.2. The molecule has 1 aromatic rings. The van der Waals surface area contributed by atoms with Gasteiger partial charge in [-0.3, -0.25) is 9.59 Å². The largest absolute Gasteiger partial charge is 0.497 e. The van der Waals surface area contributed by atoms with E-state index in [4.69, 9.17) is 9.47 Å². The van der Waals surface area contributed by atoms with Gasteiger partial charge in [-0.05, 0) is 19.1 Å². The minimum atomic E-state index is -0.447. The molecular formula is C15H20N2O4. The standard InChI is InChI=1S/C15H20N2O4/c1-3-16-7-8-17(15(19)14(16)18)9-10-21-13-6-4-5-12(11-13)20-2/h4-6,11H,3,7-10H2,1-2H3. The summed E-state index contributed by atoms with van der Waals surface area (Å²) in [7, 11) is 1.59. The van der Waals surface area contributed by atoms with Crippen LogP contribution in [-0.4, -0.2) is 61.5 Å². The van der Waals surface area contributed by atoms with Crippen LogP contribution < -0.4 is 9.47 Å². The fraction of sp³-hybridized carbons (Fsp3) is 0.467. The van der Waals surface area contributed by atoms with Crippen LogP contribution in [0.1, 0.15) is 6.92 Å². The summed E-state index contributed by atoms with van der Waals surface area (Å²) in [5.41, 5.74) is 0. The van der Waals surface area contributed by atoms with Crippen LogP contribution in [0.5, 0.6) is 11.5 Å². The Morgan fingerprint density at radius 2 is 1.76 bits per heavy atom. The minimum Gasteiger partial charge on any atom is -0.497 e. The molecule has 2 amide bonds. The van der Waals surface area contributed by atoms with Crippen molar-refractivity contribution in [3.63, 3.8) is 0 Å². The van der Waals surface area contributed by atoms with Crippen molar-refractivity contribution in [2.75, 3.05) is 39.9 Å². The van der Waals surface area contributed by atoms with Gasteiger partial charge in [0.25, 0.3) is 0 Å². The number of carbonyl (C=O) groups excluding carboxylic acids is 2. The summed E-state index contributed by atoms with van der Waals surface area (Å²) in [6.45, 7) is 4.32. The molecule has 1 saturated heterocycles. The molecule has 114 valence electrons. The highest BCUT2D eigenvalue weighted by molar-refractivity contribution is 6.35. The molecule has 6 nitrogen and oxygen atoms in total. The summed E-state index contributed by atoms with van der Waals surface area (Å²) < 4.78 is 10.7. The van der Waals surface area contributed by atoms with Crippen LogP contribution in [0.25, 0.3) is 0 Å². The third kappa shape index (κ3) is 3.65. The minimum absolute atomic E-state index is 0.346. The first-order valence-electron chi connectivity index (χ1n) is 7.00. The second-order valence-corrected chi connectivity index (χ2v) is 4.70. The molecule has 0 N–H and O–H groups in total. The fourth-order valence-corrected chi connectivity index (χ4v) is 2.19. The van der Waals surface area contributed by atoms with E-state index in [1.165, 1.54) is 4.90 Å². The predicted molar refractivity (Wildman–Crippen MR) is 77.3 cm³/mol. The smallest absolute Gasteiger partial charge is 0.312 e. The maximum Gasteiger partial charge on any atom is 0.312 e. The summed E-state index contributed by atoms with van der Waals surface area (Å²) in [5.74, 6) is 0.526. The molecule has 1 aliphatic heterocycles. The third-order valence-electron chi connectivity index (χ3n) is 3.45. The summed E-state index contributed by atoms with van der Waals surface area (Å²) in [5, 5.41) is 0. The molecule has 1 heterocycles. The van der Waals surface area contributed by atoms with Crippen molar-refractivity contribution < 1.29 is 19.1 Å². The van der Waals surface area contributed by atoms with Crippen molar-refractivity contribution in [2.45, 2.75) is 6.92 Å². The van der Waals surface area contributed by atoms with Gasteiger partial charge in [0.1, 0.15) is 18.1 Å². The Kier molecular flexibility index (Phi) is 5.03. The van der Waals surface area contributed by atoms with Crippen molar-refractivity contribution in [1.82, 2.24) is 9.80 Å². The number of hydrogen-bond acceptors (Lipinski definition) is 4. The zero-order valence-electron chi connectivity index (χ0n) is 12.4. The second kappa shape index (κ2) is 6.97. The Labute approximate surface area is 124 Å². The average molecular weight is 292 g/mol. The van der Waals surface area contributed by atoms with E-state index in [0.29, 0.717) is 38.5 Å². The highest BCUT2D eigenvalue weighted by atomic mass is 16.5. The van der Waals surface area contributed by atoms with Crippen LogP contribution in [0.2, 0.25) is 0 Å². The van der Waals surface area contributed by atoms with E-state index in [2.05, 4.69) is 0 Å². The molecule has 0 radical (unpaired) electrons. The van der Waals surface area contributed by atoms with Gasteiger partial charge in [0, 0.05) is 25.7 Å². The summed E-state index contributed by atoms with van der Waals surface area (Å²) in [4.78, 5) is 26.8. The van der Waals surface area contributed by atoms with Gasteiger partial charge in [0.2, 0.25) is 0 Å². The van der Waals surface area contributed by atoms with Gasteiger partial charge in [-0.1, -0.05) is 6.07 Å². The predicted octanol–water partition coefficient (Wildman–Crippen LogP) is 0.765. The number of rotatable bonds is 6. The van der Waals surface area contributed by atoms with E-state index >= 15 is 0 Å². The van der Waals surface area contributed by atoms with Crippen LogP contribution in [0, 0.1) is 0 Å². The number of methoxy groups -OCH3 is 1. The van der Waals surface area contributed by atoms with Gasteiger partial charge >= 0.3 is 11.8 Å². The molecular weight excluding hydrogens is 272 g/mol. The zero-order valence-corrected chi connectivity index (χ0v) is 12.4. The Hall–Kier alpha value is -2.24. The van der Waals surface area contributed by atoms with Gasteiger partial charge < -0.3 is 19.3 Å². The van der Waals surface area contributed by atoms with E-state index < -0.39 is 11.8 Å². The van der Waals surface area contributed by atoms with Crippen LogP contribution in [0.15, 0.2) is 24.3 Å². The van der Waals surface area contributed by atoms with E-state index in [0.717, 1.165) is 5.75 Å². The maximum atomic E-state index is 11.9. The van der Waals surface area contributed by atoms with Crippen molar-refractivity contribution in [2.24, 2.45) is 0 Å². The Morgan fingerprint density at radius 1 is 1.10 bits per heavy atom. The SMILES string of the molecule is CCN1CCN(CCOc2cccc(OC)c2)C(=O)C1=O. The lowest BCUT2D eigenvalue weighted by Crippen LogP contribution is -2.54. The van der Waals surface area contributed by atoms with Crippen LogP contribution in [-0.2, 0) is 9.59 Å². The van der Waals surface area contributed by atoms with Gasteiger partial charge in [0.15, 0.2) is 0 Å². The second-order valence-electron chi connectivity index (χ2n) is 4.70. The molecule has 0 unspecified atom stereocenters. The van der Waals surface area contributed by atoms with Crippen molar-refractivity contribution in [3.8, 4) is 11.5 Å². The normalized spacial score (nSPS) is 15.3. The lowest BCUT2D eigenvalue weighted by molar-refractivity contribution is -0.156. The fourth-order valence-electron chi connectivity index (χ4n) is 2.19. The molecule has 0 aromatic heterocycles. The average Bonchev–Trinajstić information content (AvgIpc) is 2.52. The molecule has 0 saturated carbocycles. The van der Waals surface area contributed by atoms with Gasteiger partial charge in [-0.2, -0.15) is 0 Å². The first-order valence-corrected chi connectivity index (χ1v) is 7.00. The third-order valence-corrected chi connectivity index (χ3v) is 3.45. The number of carbonyl (C=O) groups is 2. The number of likely N-dealkylation sites (N-methyl/N-ethyl adjacent to an activating group) is 1. The Balaban J connectivity index is 1.83.